The molecule has 0 heterocycles. The van der Waals surface area contributed by atoms with E-state index in [-0.39, 0.29) is 0 Å². The summed E-state index contributed by atoms with van der Waals surface area (Å²) >= 11 is 0. The van der Waals surface area contributed by atoms with Crippen LogP contribution in [0.5, 0.6) is 0 Å². The Morgan fingerprint density at radius 3 is 1.41 bits per heavy atom. The molecule has 0 aromatic heterocycles. The predicted octanol–water partition coefficient (Wildman–Crippen LogP) is -1.42. The van der Waals surface area contributed by atoms with Crippen molar-refractivity contribution >= 4 is 23.9 Å². The second-order valence-corrected chi connectivity index (χ2v) is 2.55. The van der Waals surface area contributed by atoms with Gasteiger partial charge in [0, 0.05) is 12.2 Å². The predicted molar refractivity (Wildman–Crippen MR) is 52.3 cm³/mol. The minimum atomic E-state index is -1.29. The molecule has 0 aliphatic heterocycles. The lowest BCUT2D eigenvalue weighted by molar-refractivity contribution is -0.144. The minimum Gasteiger partial charge on any atom is -0.481 e. The first-order valence-electron chi connectivity index (χ1n) is 4.01. The van der Waals surface area contributed by atoms with Crippen LogP contribution in [0.4, 0.5) is 0 Å². The van der Waals surface area contributed by atoms with Gasteiger partial charge in [0.2, 0.25) is 0 Å². The fraction of sp³-hybridized carbons (Fsp3) is 0.250. The molecule has 0 unspecified atom stereocenters. The van der Waals surface area contributed by atoms with E-state index in [0.717, 1.165) is 0 Å². The van der Waals surface area contributed by atoms with Gasteiger partial charge in [-0.05, 0) is 0 Å². The van der Waals surface area contributed by atoms with Gasteiger partial charge in [0.1, 0.15) is 6.04 Å². The number of carboxylic acids is 4. The largest absolute Gasteiger partial charge is 0.481 e. The van der Waals surface area contributed by atoms with Crippen molar-refractivity contribution in [3.05, 3.63) is 12.2 Å². The van der Waals surface area contributed by atoms with E-state index in [2.05, 4.69) is 0 Å². The molecule has 0 radical (unpaired) electrons. The zero-order valence-electron chi connectivity index (χ0n) is 8.44. The average Bonchev–Trinajstić information content (AvgIpc) is 2.14. The highest BCUT2D eigenvalue weighted by atomic mass is 16.4. The van der Waals surface area contributed by atoms with E-state index in [4.69, 9.17) is 26.2 Å². The Bertz CT molecular complexity index is 318. The summed E-state index contributed by atoms with van der Waals surface area (Å²) in [5.74, 6) is -5.01. The van der Waals surface area contributed by atoms with Crippen molar-refractivity contribution in [2.75, 3.05) is 0 Å². The highest BCUT2D eigenvalue weighted by Crippen LogP contribution is 1.86. The van der Waals surface area contributed by atoms with E-state index in [0.29, 0.717) is 12.2 Å². The fourth-order valence-corrected chi connectivity index (χ4v) is 0.418. The highest BCUT2D eigenvalue weighted by molar-refractivity contribution is 5.89. The van der Waals surface area contributed by atoms with E-state index in [1.807, 2.05) is 0 Å². The van der Waals surface area contributed by atoms with Crippen molar-refractivity contribution < 1.29 is 39.6 Å². The summed E-state index contributed by atoms with van der Waals surface area (Å²) in [6, 6.07) is -1.29. The molecular weight excluding hydrogens is 238 g/mol. The Labute approximate surface area is 94.8 Å². The summed E-state index contributed by atoms with van der Waals surface area (Å²) in [4.78, 5) is 38.7. The molecule has 17 heavy (non-hydrogen) atoms. The van der Waals surface area contributed by atoms with Gasteiger partial charge < -0.3 is 26.2 Å². The van der Waals surface area contributed by atoms with E-state index in [9.17, 15) is 19.2 Å². The molecule has 6 N–H and O–H groups in total. The molecule has 0 aromatic carbocycles. The zero-order valence-corrected chi connectivity index (χ0v) is 8.44. The monoisotopic (exact) mass is 249 g/mol. The topological polar surface area (TPSA) is 175 Å². The van der Waals surface area contributed by atoms with Crippen LogP contribution in [0, 0.1) is 0 Å². The van der Waals surface area contributed by atoms with Crippen molar-refractivity contribution in [1.29, 1.82) is 0 Å². The lowest BCUT2D eigenvalue weighted by Gasteiger charge is -1.99. The summed E-state index contributed by atoms with van der Waals surface area (Å²) < 4.78 is 0. The molecular formula is C8H11NO8. The lowest BCUT2D eigenvalue weighted by atomic mass is 10.2. The molecule has 1 atom stereocenters. The molecule has 0 rings (SSSR count). The number of nitrogens with two attached hydrogens (primary N) is 1. The molecule has 96 valence electrons. The summed E-state index contributed by atoms with van der Waals surface area (Å²) in [5, 5.41) is 31.7. The van der Waals surface area contributed by atoms with Crippen LogP contribution < -0.4 is 5.73 Å². The number of hydrogen-bond acceptors (Lipinski definition) is 5. The van der Waals surface area contributed by atoms with Crippen LogP contribution in [-0.2, 0) is 19.2 Å². The number of hydrogen-bond donors (Lipinski definition) is 5. The molecule has 9 heteroatoms. The maximum absolute atomic E-state index is 9.85. The molecule has 0 aliphatic carbocycles. The maximum atomic E-state index is 9.85. The van der Waals surface area contributed by atoms with Crippen molar-refractivity contribution in [2.45, 2.75) is 12.5 Å². The van der Waals surface area contributed by atoms with E-state index in [1.54, 1.807) is 0 Å². The number of carboxylic acid groups (broad SMARTS) is 4. The number of carbonyl (C=O) groups is 4. The lowest BCUT2D eigenvalue weighted by Crippen LogP contribution is -2.32. The van der Waals surface area contributed by atoms with Crippen molar-refractivity contribution in [3.63, 3.8) is 0 Å². The standard InChI is InChI=1S/C4H7NO4.C4H4O4/c5-2(4(8)9)1-3(6)7;5-3(6)1-2-4(7)8/h2H,1,5H2,(H,6,7)(H,8,9);1-2H,(H,5,6)(H,7,8)/t2-;/m0./s1. The Kier molecular flexibility index (Phi) is 8.85. The van der Waals surface area contributed by atoms with Crippen molar-refractivity contribution in [2.24, 2.45) is 5.73 Å². The molecule has 0 spiro atoms. The maximum Gasteiger partial charge on any atom is 0.328 e. The third kappa shape index (κ3) is 16.3. The third-order valence-corrected chi connectivity index (χ3v) is 1.08. The van der Waals surface area contributed by atoms with Gasteiger partial charge in [0.15, 0.2) is 0 Å². The summed E-state index contributed by atoms with van der Waals surface area (Å²) in [6.45, 7) is 0. The van der Waals surface area contributed by atoms with Gasteiger partial charge in [-0.3, -0.25) is 9.59 Å². The minimum absolute atomic E-state index is 0.532. The normalized spacial score (nSPS) is 11.1. The first-order chi connectivity index (χ1) is 7.66. The van der Waals surface area contributed by atoms with Crippen LogP contribution in [0.25, 0.3) is 0 Å². The van der Waals surface area contributed by atoms with E-state index >= 15 is 0 Å². The number of aliphatic carboxylic acids is 4. The number of rotatable bonds is 5. The van der Waals surface area contributed by atoms with E-state index in [1.165, 1.54) is 0 Å². The van der Waals surface area contributed by atoms with E-state index < -0.39 is 36.3 Å². The van der Waals surface area contributed by atoms with Crippen LogP contribution in [-0.4, -0.2) is 50.3 Å². The Morgan fingerprint density at radius 2 is 1.29 bits per heavy atom. The molecule has 9 nitrogen and oxygen atoms in total. The quantitative estimate of drug-likeness (QED) is 0.366. The summed E-state index contributed by atoms with van der Waals surface area (Å²) in [6.07, 6.45) is 0.583. The van der Waals surface area contributed by atoms with Crippen LogP contribution in [0.1, 0.15) is 6.42 Å². The van der Waals surface area contributed by atoms with Gasteiger partial charge in [0.05, 0.1) is 6.42 Å². The molecule has 0 saturated carbocycles. The average molecular weight is 249 g/mol. The second-order valence-electron chi connectivity index (χ2n) is 2.55. The third-order valence-electron chi connectivity index (χ3n) is 1.08. The highest BCUT2D eigenvalue weighted by Gasteiger charge is 2.14. The van der Waals surface area contributed by atoms with Crippen LogP contribution in [0.2, 0.25) is 0 Å². The van der Waals surface area contributed by atoms with Gasteiger partial charge in [-0.25, -0.2) is 9.59 Å². The zero-order chi connectivity index (χ0) is 14.0. The molecule has 0 amide bonds. The second kappa shape index (κ2) is 8.85. The smallest absolute Gasteiger partial charge is 0.328 e. The van der Waals surface area contributed by atoms with Crippen LogP contribution in [0.15, 0.2) is 12.2 Å². The Hall–Kier alpha value is -2.42. The molecule has 0 fully saturated rings. The van der Waals surface area contributed by atoms with Crippen molar-refractivity contribution in [1.82, 2.24) is 0 Å². The van der Waals surface area contributed by atoms with Gasteiger partial charge >= 0.3 is 23.9 Å². The van der Waals surface area contributed by atoms with Gasteiger partial charge in [-0.15, -0.1) is 0 Å². The van der Waals surface area contributed by atoms with Crippen LogP contribution >= 0.6 is 0 Å². The summed E-state index contributed by atoms with van der Waals surface area (Å²) in [5.41, 5.74) is 4.84. The SMILES string of the molecule is N[C@@H](CC(=O)O)C(=O)O.O=C(O)C=CC(=O)O. The Morgan fingerprint density at radius 1 is 0.941 bits per heavy atom. The Balaban J connectivity index is 0. The van der Waals surface area contributed by atoms with Crippen molar-refractivity contribution in [3.8, 4) is 0 Å². The first-order valence-corrected chi connectivity index (χ1v) is 4.01. The van der Waals surface area contributed by atoms with Gasteiger partial charge in [0.25, 0.3) is 0 Å². The fourth-order valence-electron chi connectivity index (χ4n) is 0.418. The molecule has 0 aliphatic rings. The summed E-state index contributed by atoms with van der Waals surface area (Å²) in [7, 11) is 0. The van der Waals surface area contributed by atoms with Crippen LogP contribution in [0.3, 0.4) is 0 Å². The molecule has 0 aromatic rings. The molecule has 0 saturated heterocycles. The first kappa shape index (κ1) is 17.0. The van der Waals surface area contributed by atoms with Gasteiger partial charge in [-0.1, -0.05) is 0 Å². The molecule has 0 bridgehead atoms. The van der Waals surface area contributed by atoms with Gasteiger partial charge in [-0.2, -0.15) is 0 Å².